The fourth-order valence-corrected chi connectivity index (χ4v) is 4.53. The average Bonchev–Trinajstić information content (AvgIpc) is 1.99. The van der Waals surface area contributed by atoms with Gasteiger partial charge in [-0.25, -0.2) is 0 Å². The summed E-state index contributed by atoms with van der Waals surface area (Å²) in [5.74, 6) is 1.74. The summed E-state index contributed by atoms with van der Waals surface area (Å²) in [5.41, 5.74) is 1.74. The molecule has 15 heavy (non-hydrogen) atoms. The molecule has 0 saturated heterocycles. The Balaban J connectivity index is 2.93. The monoisotopic (exact) mass is 228 g/mol. The van der Waals surface area contributed by atoms with Crippen LogP contribution in [0.15, 0.2) is 0 Å². The normalized spacial score (nSPS) is 34.2. The van der Waals surface area contributed by atoms with E-state index in [1.807, 2.05) is 0 Å². The molecule has 0 aromatic rings. The van der Waals surface area contributed by atoms with Gasteiger partial charge in [0.05, 0.1) is 0 Å². The van der Waals surface area contributed by atoms with Gasteiger partial charge in [-0.1, -0.05) is 48.0 Å². The fraction of sp³-hybridized carbons (Fsp3) is 1.00. The van der Waals surface area contributed by atoms with Crippen molar-refractivity contribution in [2.24, 2.45) is 22.7 Å². The molecule has 1 rings (SSSR count). The predicted molar refractivity (Wildman–Crippen MR) is 73.2 cm³/mol. The number of rotatable bonds is 0. The standard InChI is InChI=1S/C14H29P/c1-13(2,3)10-8-7-9-11(15)12(10)14(4,5)6/h10-12H,7-9,15H2,1-6H3. The van der Waals surface area contributed by atoms with E-state index in [1.165, 1.54) is 19.3 Å². The Morgan fingerprint density at radius 2 is 1.40 bits per heavy atom. The van der Waals surface area contributed by atoms with Gasteiger partial charge in [0.15, 0.2) is 0 Å². The SMILES string of the molecule is CC(C)(C)C1CCCC(P)C1C(C)(C)C. The third-order valence-electron chi connectivity index (χ3n) is 4.06. The Morgan fingerprint density at radius 1 is 0.867 bits per heavy atom. The molecule has 1 heteroatoms. The minimum absolute atomic E-state index is 0.449. The van der Waals surface area contributed by atoms with Crippen molar-refractivity contribution >= 4 is 9.24 Å². The molecular formula is C14H29P. The van der Waals surface area contributed by atoms with Crippen LogP contribution in [-0.2, 0) is 0 Å². The fourth-order valence-electron chi connectivity index (χ4n) is 3.45. The summed E-state index contributed by atoms with van der Waals surface area (Å²) in [6, 6.07) is 0. The lowest BCUT2D eigenvalue weighted by Crippen LogP contribution is -2.43. The van der Waals surface area contributed by atoms with Crippen molar-refractivity contribution in [1.82, 2.24) is 0 Å². The minimum Gasteiger partial charge on any atom is -0.134 e. The average molecular weight is 228 g/mol. The van der Waals surface area contributed by atoms with E-state index in [2.05, 4.69) is 50.8 Å². The summed E-state index contributed by atoms with van der Waals surface area (Å²) >= 11 is 0. The van der Waals surface area contributed by atoms with Crippen molar-refractivity contribution in [3.05, 3.63) is 0 Å². The van der Waals surface area contributed by atoms with Crippen molar-refractivity contribution in [2.45, 2.75) is 66.5 Å². The molecular weight excluding hydrogens is 199 g/mol. The first-order valence-corrected chi connectivity index (χ1v) is 7.06. The van der Waals surface area contributed by atoms with Gasteiger partial charge in [-0.3, -0.25) is 0 Å². The summed E-state index contributed by atoms with van der Waals surface area (Å²) in [4.78, 5) is 0. The molecule has 0 heterocycles. The third-order valence-corrected chi connectivity index (χ3v) is 4.81. The van der Waals surface area contributed by atoms with Gasteiger partial charge in [0.25, 0.3) is 0 Å². The van der Waals surface area contributed by atoms with Crippen LogP contribution >= 0.6 is 9.24 Å². The van der Waals surface area contributed by atoms with E-state index >= 15 is 0 Å². The Morgan fingerprint density at radius 3 is 1.73 bits per heavy atom. The van der Waals surface area contributed by atoms with E-state index in [1.54, 1.807) is 0 Å². The molecule has 1 aliphatic rings. The van der Waals surface area contributed by atoms with Crippen LogP contribution in [0, 0.1) is 22.7 Å². The highest BCUT2D eigenvalue weighted by Crippen LogP contribution is 2.51. The molecule has 4 atom stereocenters. The van der Waals surface area contributed by atoms with Crippen molar-refractivity contribution in [2.75, 3.05) is 0 Å². The lowest BCUT2D eigenvalue weighted by molar-refractivity contribution is 0.0384. The second-order valence-electron chi connectivity index (χ2n) is 7.46. The lowest BCUT2D eigenvalue weighted by Gasteiger charge is -2.49. The van der Waals surface area contributed by atoms with E-state index in [-0.39, 0.29) is 0 Å². The van der Waals surface area contributed by atoms with Gasteiger partial charge < -0.3 is 0 Å². The zero-order valence-electron chi connectivity index (χ0n) is 11.4. The van der Waals surface area contributed by atoms with Crippen molar-refractivity contribution < 1.29 is 0 Å². The van der Waals surface area contributed by atoms with Crippen LogP contribution in [0.3, 0.4) is 0 Å². The Kier molecular flexibility index (Phi) is 3.92. The second kappa shape index (κ2) is 4.36. The molecule has 0 aliphatic heterocycles. The van der Waals surface area contributed by atoms with E-state index in [9.17, 15) is 0 Å². The van der Waals surface area contributed by atoms with Crippen molar-refractivity contribution in [3.63, 3.8) is 0 Å². The molecule has 0 bridgehead atoms. The smallest absolute Gasteiger partial charge is 0.0228 e. The van der Waals surface area contributed by atoms with E-state index in [4.69, 9.17) is 0 Å². The van der Waals surface area contributed by atoms with Crippen molar-refractivity contribution in [1.29, 1.82) is 0 Å². The van der Waals surface area contributed by atoms with Crippen LogP contribution in [0.25, 0.3) is 0 Å². The highest BCUT2D eigenvalue weighted by molar-refractivity contribution is 7.17. The van der Waals surface area contributed by atoms with Gasteiger partial charge >= 0.3 is 0 Å². The van der Waals surface area contributed by atoms with E-state index in [0.29, 0.717) is 10.8 Å². The van der Waals surface area contributed by atoms with Crippen LogP contribution in [0.2, 0.25) is 0 Å². The van der Waals surface area contributed by atoms with Gasteiger partial charge in [0, 0.05) is 0 Å². The summed E-state index contributed by atoms with van der Waals surface area (Å²) in [7, 11) is 3.11. The lowest BCUT2D eigenvalue weighted by atomic mass is 9.59. The molecule has 1 fully saturated rings. The molecule has 90 valence electrons. The molecule has 0 N–H and O–H groups in total. The topological polar surface area (TPSA) is 0 Å². The molecule has 0 radical (unpaired) electrons. The molecule has 0 amide bonds. The molecule has 0 nitrogen and oxygen atoms in total. The van der Waals surface area contributed by atoms with Crippen LogP contribution in [-0.4, -0.2) is 5.66 Å². The Hall–Kier alpha value is 0.430. The first kappa shape index (κ1) is 13.5. The van der Waals surface area contributed by atoms with Crippen LogP contribution < -0.4 is 0 Å². The zero-order chi connectivity index (χ0) is 11.9. The zero-order valence-corrected chi connectivity index (χ0v) is 12.6. The summed E-state index contributed by atoms with van der Waals surface area (Å²) in [5, 5.41) is 0. The molecule has 1 aliphatic carbocycles. The van der Waals surface area contributed by atoms with E-state index in [0.717, 1.165) is 17.5 Å². The Labute approximate surface area is 98.8 Å². The predicted octanol–water partition coefficient (Wildman–Crippen LogP) is 4.74. The first-order chi connectivity index (χ1) is 6.64. The summed E-state index contributed by atoms with van der Waals surface area (Å²) in [6.07, 6.45) is 4.25. The van der Waals surface area contributed by atoms with Crippen LogP contribution in [0.4, 0.5) is 0 Å². The van der Waals surface area contributed by atoms with Crippen LogP contribution in [0.5, 0.6) is 0 Å². The maximum absolute atomic E-state index is 3.11. The third kappa shape index (κ3) is 3.19. The molecule has 0 aromatic heterocycles. The maximum Gasteiger partial charge on any atom is -0.0228 e. The van der Waals surface area contributed by atoms with E-state index < -0.39 is 0 Å². The molecule has 0 spiro atoms. The molecule has 0 aromatic carbocycles. The largest absolute Gasteiger partial charge is 0.134 e. The molecule has 1 saturated carbocycles. The summed E-state index contributed by atoms with van der Waals surface area (Å²) < 4.78 is 0. The first-order valence-electron chi connectivity index (χ1n) is 6.39. The quantitative estimate of drug-likeness (QED) is 0.525. The maximum atomic E-state index is 3.11. The highest BCUT2D eigenvalue weighted by atomic mass is 31.0. The van der Waals surface area contributed by atoms with Gasteiger partial charge in [-0.2, -0.15) is 0 Å². The highest BCUT2D eigenvalue weighted by Gasteiger charge is 2.43. The molecule has 4 unspecified atom stereocenters. The van der Waals surface area contributed by atoms with Gasteiger partial charge in [0.2, 0.25) is 0 Å². The number of hydrogen-bond donors (Lipinski definition) is 0. The van der Waals surface area contributed by atoms with Crippen molar-refractivity contribution in [3.8, 4) is 0 Å². The second-order valence-corrected chi connectivity index (χ2v) is 8.32. The minimum atomic E-state index is 0.449. The van der Waals surface area contributed by atoms with Gasteiger partial charge in [-0.05, 0) is 41.2 Å². The van der Waals surface area contributed by atoms with Crippen LogP contribution in [0.1, 0.15) is 60.8 Å². The Bertz CT molecular complexity index is 206. The number of hydrogen-bond acceptors (Lipinski definition) is 0. The summed E-state index contributed by atoms with van der Waals surface area (Å²) in [6.45, 7) is 14.5. The van der Waals surface area contributed by atoms with Gasteiger partial charge in [0.1, 0.15) is 0 Å². The van der Waals surface area contributed by atoms with Gasteiger partial charge in [-0.15, -0.1) is 9.24 Å².